The number of benzene rings is 1. The molecule has 94 valence electrons. The van der Waals surface area contributed by atoms with Gasteiger partial charge in [0, 0.05) is 28.6 Å². The third kappa shape index (κ3) is 1.70. The first kappa shape index (κ1) is 11.3. The third-order valence-corrected chi connectivity index (χ3v) is 3.60. The molecular formula is C15H17NO2. The van der Waals surface area contributed by atoms with Crippen molar-refractivity contribution in [3.05, 3.63) is 29.0 Å². The molecule has 3 nitrogen and oxygen atoms in total. The van der Waals surface area contributed by atoms with Gasteiger partial charge in [-0.3, -0.25) is 4.79 Å². The number of aryl methyl sites for hydroxylation is 2. The predicted octanol–water partition coefficient (Wildman–Crippen LogP) is 2.93. The first-order valence-corrected chi connectivity index (χ1v) is 6.42. The van der Waals surface area contributed by atoms with Crippen molar-refractivity contribution in [2.75, 3.05) is 6.61 Å². The number of carbonyl (C=O) groups is 1. The number of carbonyl (C=O) groups excluding carboxylic acids is 1. The molecule has 2 heterocycles. The van der Waals surface area contributed by atoms with Crippen LogP contribution in [0.5, 0.6) is 5.75 Å². The first-order valence-electron chi connectivity index (χ1n) is 6.42. The molecule has 3 heteroatoms. The molecule has 1 aliphatic rings. The summed E-state index contributed by atoms with van der Waals surface area (Å²) in [7, 11) is 0. The van der Waals surface area contributed by atoms with Crippen molar-refractivity contribution in [2.45, 2.75) is 33.1 Å². The molecule has 0 aliphatic carbocycles. The van der Waals surface area contributed by atoms with E-state index < -0.39 is 0 Å². The van der Waals surface area contributed by atoms with Crippen molar-refractivity contribution in [3.63, 3.8) is 0 Å². The Morgan fingerprint density at radius 2 is 2.28 bits per heavy atom. The van der Waals surface area contributed by atoms with Gasteiger partial charge in [-0.15, -0.1) is 0 Å². The number of ketones is 1. The van der Waals surface area contributed by atoms with Crippen molar-refractivity contribution >= 4 is 16.7 Å². The number of hydrogen-bond donors (Lipinski definition) is 1. The molecule has 2 aromatic rings. The zero-order valence-corrected chi connectivity index (χ0v) is 10.8. The van der Waals surface area contributed by atoms with Crippen LogP contribution in [0.15, 0.2) is 12.1 Å². The van der Waals surface area contributed by atoms with Gasteiger partial charge < -0.3 is 9.72 Å². The van der Waals surface area contributed by atoms with Gasteiger partial charge in [-0.05, 0) is 44.4 Å². The lowest BCUT2D eigenvalue weighted by atomic mass is 9.96. The van der Waals surface area contributed by atoms with Gasteiger partial charge >= 0.3 is 0 Å². The van der Waals surface area contributed by atoms with Gasteiger partial charge in [0.25, 0.3) is 0 Å². The highest BCUT2D eigenvalue weighted by Gasteiger charge is 2.19. The lowest BCUT2D eigenvalue weighted by molar-refractivity contribution is -0.116. The summed E-state index contributed by atoms with van der Waals surface area (Å²) in [4.78, 5) is 14.8. The Labute approximate surface area is 106 Å². The summed E-state index contributed by atoms with van der Waals surface area (Å²) in [5.74, 6) is 1.19. The lowest BCUT2D eigenvalue weighted by Gasteiger charge is -2.18. The molecule has 0 saturated carbocycles. The average molecular weight is 243 g/mol. The second kappa shape index (κ2) is 4.16. The van der Waals surface area contributed by atoms with Gasteiger partial charge in [0.1, 0.15) is 11.5 Å². The molecule has 1 N–H and O–H groups in total. The van der Waals surface area contributed by atoms with Crippen molar-refractivity contribution in [3.8, 4) is 5.75 Å². The fraction of sp³-hybridized carbons (Fsp3) is 0.400. The van der Waals surface area contributed by atoms with E-state index in [0.29, 0.717) is 6.42 Å². The molecule has 3 rings (SSSR count). The fourth-order valence-corrected chi connectivity index (χ4v) is 2.83. The van der Waals surface area contributed by atoms with E-state index in [1.807, 2.05) is 13.0 Å². The summed E-state index contributed by atoms with van der Waals surface area (Å²) in [5, 5.41) is 1.21. The zero-order chi connectivity index (χ0) is 12.7. The molecule has 1 aromatic heterocycles. The third-order valence-electron chi connectivity index (χ3n) is 3.60. The van der Waals surface area contributed by atoms with Crippen LogP contribution in [0.1, 0.15) is 30.2 Å². The Kier molecular flexibility index (Phi) is 2.62. The molecule has 0 spiro atoms. The Balaban J connectivity index is 2.27. The summed E-state index contributed by atoms with van der Waals surface area (Å²) in [6.45, 7) is 4.47. The van der Waals surface area contributed by atoms with E-state index in [1.54, 1.807) is 6.92 Å². The van der Waals surface area contributed by atoms with E-state index in [-0.39, 0.29) is 5.78 Å². The minimum Gasteiger partial charge on any atom is -0.493 e. The van der Waals surface area contributed by atoms with Crippen molar-refractivity contribution < 1.29 is 9.53 Å². The van der Waals surface area contributed by atoms with Gasteiger partial charge in [0.2, 0.25) is 0 Å². The Morgan fingerprint density at radius 3 is 3.06 bits per heavy atom. The monoisotopic (exact) mass is 243 g/mol. The van der Waals surface area contributed by atoms with Crippen LogP contribution >= 0.6 is 0 Å². The summed E-state index contributed by atoms with van der Waals surface area (Å²) in [6, 6.07) is 4.08. The van der Waals surface area contributed by atoms with Crippen LogP contribution < -0.4 is 4.74 Å². The van der Waals surface area contributed by atoms with Gasteiger partial charge in [0.05, 0.1) is 6.61 Å². The maximum atomic E-state index is 11.4. The van der Waals surface area contributed by atoms with Crippen LogP contribution in [0.3, 0.4) is 0 Å². The normalized spacial score (nSPS) is 14.3. The molecule has 0 fully saturated rings. The number of Topliss-reactive ketones (excluding diaryl/α,β-unsaturated/α-hetero) is 1. The van der Waals surface area contributed by atoms with Crippen LogP contribution in [-0.2, 0) is 17.6 Å². The van der Waals surface area contributed by atoms with Gasteiger partial charge in [0.15, 0.2) is 0 Å². The quantitative estimate of drug-likeness (QED) is 0.881. The summed E-state index contributed by atoms with van der Waals surface area (Å²) in [5.41, 5.74) is 4.62. The highest BCUT2D eigenvalue weighted by atomic mass is 16.5. The molecule has 0 bridgehead atoms. The zero-order valence-electron chi connectivity index (χ0n) is 10.8. The number of aromatic nitrogens is 1. The Morgan fingerprint density at radius 1 is 1.44 bits per heavy atom. The number of H-pyrrole nitrogens is 1. The van der Waals surface area contributed by atoms with Crippen LogP contribution in [0.25, 0.3) is 10.9 Å². The maximum absolute atomic E-state index is 11.4. The summed E-state index contributed by atoms with van der Waals surface area (Å²) in [6.07, 6.45) is 2.59. The number of nitrogens with one attached hydrogen (secondary N) is 1. The molecule has 18 heavy (non-hydrogen) atoms. The largest absolute Gasteiger partial charge is 0.493 e. The fourth-order valence-electron chi connectivity index (χ4n) is 2.83. The van der Waals surface area contributed by atoms with E-state index >= 15 is 0 Å². The van der Waals surface area contributed by atoms with E-state index in [2.05, 4.69) is 11.1 Å². The smallest absolute Gasteiger partial charge is 0.134 e. The number of aromatic amines is 1. The average Bonchev–Trinajstić information content (AvgIpc) is 2.66. The number of rotatable bonds is 2. The summed E-state index contributed by atoms with van der Waals surface area (Å²) >= 11 is 0. The van der Waals surface area contributed by atoms with Crippen molar-refractivity contribution in [1.82, 2.24) is 4.98 Å². The minimum atomic E-state index is 0.202. The van der Waals surface area contributed by atoms with Gasteiger partial charge in [-0.25, -0.2) is 0 Å². The molecule has 0 saturated heterocycles. The second-order valence-corrected chi connectivity index (χ2v) is 5.02. The Bertz CT molecular complexity index is 625. The molecule has 0 unspecified atom stereocenters. The van der Waals surface area contributed by atoms with Gasteiger partial charge in [-0.2, -0.15) is 0 Å². The number of ether oxygens (including phenoxy) is 1. The minimum absolute atomic E-state index is 0.202. The van der Waals surface area contributed by atoms with Crippen LogP contribution in [-0.4, -0.2) is 17.4 Å². The number of hydrogen-bond acceptors (Lipinski definition) is 2. The van der Waals surface area contributed by atoms with Crippen LogP contribution in [0, 0.1) is 6.92 Å². The van der Waals surface area contributed by atoms with Gasteiger partial charge in [-0.1, -0.05) is 0 Å². The predicted molar refractivity (Wildman–Crippen MR) is 71.2 cm³/mol. The molecular weight excluding hydrogens is 226 g/mol. The van der Waals surface area contributed by atoms with Crippen LogP contribution in [0.4, 0.5) is 0 Å². The second-order valence-electron chi connectivity index (χ2n) is 5.02. The maximum Gasteiger partial charge on any atom is 0.134 e. The highest BCUT2D eigenvalue weighted by Crippen LogP contribution is 2.35. The number of fused-ring (bicyclic) bond motifs is 3. The summed E-state index contributed by atoms with van der Waals surface area (Å²) < 4.78 is 5.70. The molecule has 0 radical (unpaired) electrons. The Hall–Kier alpha value is -1.77. The molecule has 1 aliphatic heterocycles. The van der Waals surface area contributed by atoms with Crippen LogP contribution in [0.2, 0.25) is 0 Å². The highest BCUT2D eigenvalue weighted by molar-refractivity contribution is 5.93. The van der Waals surface area contributed by atoms with Crippen molar-refractivity contribution in [2.24, 2.45) is 0 Å². The lowest BCUT2D eigenvalue weighted by Crippen LogP contribution is -2.09. The molecule has 0 atom stereocenters. The van der Waals surface area contributed by atoms with E-state index in [9.17, 15) is 4.79 Å². The van der Waals surface area contributed by atoms with E-state index in [4.69, 9.17) is 4.74 Å². The standard InChI is InChI=1S/C15H17NO2/c1-9(17)8-12-10(2)16-13-5-6-14-11(15(12)13)4-3-7-18-14/h5-6,16H,3-4,7-8H2,1-2H3. The van der Waals surface area contributed by atoms with E-state index in [0.717, 1.165) is 42.0 Å². The topological polar surface area (TPSA) is 42.1 Å². The molecule has 0 amide bonds. The van der Waals surface area contributed by atoms with Crippen molar-refractivity contribution in [1.29, 1.82) is 0 Å². The van der Waals surface area contributed by atoms with E-state index in [1.165, 1.54) is 10.9 Å². The SMILES string of the molecule is CC(=O)Cc1c(C)[nH]c2ccc3c(c12)CCCO3. The molecule has 1 aromatic carbocycles. The first-order chi connectivity index (χ1) is 8.66.